The van der Waals surface area contributed by atoms with Crippen LogP contribution < -0.4 is 5.73 Å². The smallest absolute Gasteiger partial charge is 0.320 e. The fourth-order valence-electron chi connectivity index (χ4n) is 1.83. The standard InChI is InChI=1S/C14H21NO2/c1-2-3-4-6-11-7-5-8-12(9-11)10-13(15)14(16)17/h5,7-9,13H,2-4,6,10,15H2,1H3,(H,16,17). The second kappa shape index (κ2) is 7.07. The van der Waals surface area contributed by atoms with Crippen molar-refractivity contribution in [3.63, 3.8) is 0 Å². The molecule has 0 bridgehead atoms. The average molecular weight is 235 g/mol. The lowest BCUT2D eigenvalue weighted by atomic mass is 10.0. The van der Waals surface area contributed by atoms with Crippen LogP contribution in [0, 0.1) is 0 Å². The Balaban J connectivity index is 2.56. The van der Waals surface area contributed by atoms with Gasteiger partial charge < -0.3 is 10.8 Å². The number of carboxylic acid groups (broad SMARTS) is 1. The molecule has 0 amide bonds. The number of aliphatic carboxylic acids is 1. The van der Waals surface area contributed by atoms with Crippen molar-refractivity contribution in [1.29, 1.82) is 0 Å². The van der Waals surface area contributed by atoms with Gasteiger partial charge in [-0.25, -0.2) is 0 Å². The van der Waals surface area contributed by atoms with E-state index in [2.05, 4.69) is 19.1 Å². The highest BCUT2D eigenvalue weighted by Crippen LogP contribution is 2.11. The van der Waals surface area contributed by atoms with Crippen LogP contribution in [0.2, 0.25) is 0 Å². The molecular formula is C14H21NO2. The zero-order chi connectivity index (χ0) is 12.7. The van der Waals surface area contributed by atoms with Crippen LogP contribution in [-0.4, -0.2) is 17.1 Å². The lowest BCUT2D eigenvalue weighted by Crippen LogP contribution is -2.32. The minimum absolute atomic E-state index is 0.400. The Bertz CT molecular complexity index is 363. The maximum absolute atomic E-state index is 10.7. The predicted octanol–water partition coefficient (Wildman–Crippen LogP) is 2.37. The molecule has 3 nitrogen and oxygen atoms in total. The van der Waals surface area contributed by atoms with Crippen LogP contribution in [0.4, 0.5) is 0 Å². The van der Waals surface area contributed by atoms with Crippen LogP contribution in [0.15, 0.2) is 24.3 Å². The molecule has 0 spiro atoms. The minimum Gasteiger partial charge on any atom is -0.480 e. The second-order valence-corrected chi connectivity index (χ2v) is 4.43. The van der Waals surface area contributed by atoms with Crippen molar-refractivity contribution in [3.05, 3.63) is 35.4 Å². The minimum atomic E-state index is -0.943. The Kier molecular flexibility index (Phi) is 5.70. The van der Waals surface area contributed by atoms with Gasteiger partial charge in [-0.1, -0.05) is 44.0 Å². The third-order valence-electron chi connectivity index (χ3n) is 2.83. The summed E-state index contributed by atoms with van der Waals surface area (Å²) in [6, 6.07) is 7.27. The number of unbranched alkanes of at least 4 members (excludes halogenated alkanes) is 2. The van der Waals surface area contributed by atoms with Crippen molar-refractivity contribution in [1.82, 2.24) is 0 Å². The topological polar surface area (TPSA) is 63.3 Å². The maximum atomic E-state index is 10.7. The lowest BCUT2D eigenvalue weighted by molar-refractivity contribution is -0.138. The number of benzene rings is 1. The fourth-order valence-corrected chi connectivity index (χ4v) is 1.83. The molecule has 0 fully saturated rings. The zero-order valence-corrected chi connectivity index (χ0v) is 10.4. The van der Waals surface area contributed by atoms with Gasteiger partial charge in [-0.2, -0.15) is 0 Å². The van der Waals surface area contributed by atoms with E-state index >= 15 is 0 Å². The van der Waals surface area contributed by atoms with Gasteiger partial charge in [-0.05, 0) is 30.4 Å². The molecule has 1 aromatic rings. The second-order valence-electron chi connectivity index (χ2n) is 4.43. The summed E-state index contributed by atoms with van der Waals surface area (Å²) in [5, 5.41) is 8.76. The van der Waals surface area contributed by atoms with Crippen LogP contribution in [0.1, 0.15) is 37.3 Å². The van der Waals surface area contributed by atoms with Crippen molar-refractivity contribution in [2.75, 3.05) is 0 Å². The number of carboxylic acids is 1. The molecule has 1 aromatic carbocycles. The summed E-state index contributed by atoms with van der Waals surface area (Å²) >= 11 is 0. The van der Waals surface area contributed by atoms with E-state index < -0.39 is 12.0 Å². The largest absolute Gasteiger partial charge is 0.480 e. The molecule has 0 saturated heterocycles. The van der Waals surface area contributed by atoms with Gasteiger partial charge >= 0.3 is 5.97 Å². The lowest BCUT2D eigenvalue weighted by Gasteiger charge is -2.08. The van der Waals surface area contributed by atoms with E-state index in [0.29, 0.717) is 6.42 Å². The van der Waals surface area contributed by atoms with Gasteiger partial charge in [0.15, 0.2) is 0 Å². The number of rotatable bonds is 7. The zero-order valence-electron chi connectivity index (χ0n) is 10.4. The molecule has 0 heterocycles. The van der Waals surface area contributed by atoms with E-state index in [1.54, 1.807) is 0 Å². The van der Waals surface area contributed by atoms with Crippen molar-refractivity contribution in [3.8, 4) is 0 Å². The number of hydrogen-bond donors (Lipinski definition) is 2. The highest BCUT2D eigenvalue weighted by Gasteiger charge is 2.11. The number of aryl methyl sites for hydroxylation is 1. The number of nitrogens with two attached hydrogens (primary N) is 1. The molecule has 1 rings (SSSR count). The van der Waals surface area contributed by atoms with Crippen molar-refractivity contribution < 1.29 is 9.90 Å². The molecule has 0 aliphatic heterocycles. The van der Waals surface area contributed by atoms with Gasteiger partial charge in [0.25, 0.3) is 0 Å². The molecule has 0 aliphatic rings. The fraction of sp³-hybridized carbons (Fsp3) is 0.500. The van der Waals surface area contributed by atoms with Crippen molar-refractivity contribution >= 4 is 5.97 Å². The summed E-state index contributed by atoms with van der Waals surface area (Å²) in [4.78, 5) is 10.7. The van der Waals surface area contributed by atoms with Crippen LogP contribution in [0.3, 0.4) is 0 Å². The van der Waals surface area contributed by atoms with Gasteiger partial charge in [0.05, 0.1) is 0 Å². The van der Waals surface area contributed by atoms with Crippen LogP contribution in [0.25, 0.3) is 0 Å². The first-order valence-corrected chi connectivity index (χ1v) is 6.19. The summed E-state index contributed by atoms with van der Waals surface area (Å²) in [5.74, 6) is -0.943. The summed E-state index contributed by atoms with van der Waals surface area (Å²) in [6.07, 6.45) is 5.09. The Morgan fingerprint density at radius 3 is 2.71 bits per heavy atom. The average Bonchev–Trinajstić information content (AvgIpc) is 2.30. The molecule has 0 saturated carbocycles. The molecule has 0 radical (unpaired) electrons. The molecule has 17 heavy (non-hydrogen) atoms. The molecule has 1 atom stereocenters. The first-order chi connectivity index (χ1) is 8.13. The monoisotopic (exact) mass is 235 g/mol. The Hall–Kier alpha value is -1.35. The van der Waals surface area contributed by atoms with Crippen molar-refractivity contribution in [2.24, 2.45) is 5.73 Å². The third kappa shape index (κ3) is 5.00. The first-order valence-electron chi connectivity index (χ1n) is 6.19. The summed E-state index contributed by atoms with van der Waals surface area (Å²) < 4.78 is 0. The Morgan fingerprint density at radius 2 is 2.06 bits per heavy atom. The van der Waals surface area contributed by atoms with Gasteiger partial charge in [0.2, 0.25) is 0 Å². The maximum Gasteiger partial charge on any atom is 0.320 e. The third-order valence-corrected chi connectivity index (χ3v) is 2.83. The van der Waals surface area contributed by atoms with Crippen molar-refractivity contribution in [2.45, 2.75) is 45.1 Å². The molecule has 0 aliphatic carbocycles. The van der Waals surface area contributed by atoms with E-state index in [1.165, 1.54) is 24.8 Å². The van der Waals surface area contributed by atoms with Gasteiger partial charge in [-0.3, -0.25) is 4.79 Å². The number of hydrogen-bond acceptors (Lipinski definition) is 2. The first kappa shape index (κ1) is 13.7. The van der Waals surface area contributed by atoms with E-state index in [4.69, 9.17) is 10.8 Å². The molecule has 3 N–H and O–H groups in total. The molecule has 1 unspecified atom stereocenters. The Morgan fingerprint density at radius 1 is 1.35 bits per heavy atom. The SMILES string of the molecule is CCCCCc1cccc(CC(N)C(=O)O)c1. The summed E-state index contributed by atoms with van der Waals surface area (Å²) in [5.41, 5.74) is 7.80. The molecular weight excluding hydrogens is 214 g/mol. The van der Waals surface area contributed by atoms with E-state index in [-0.39, 0.29) is 0 Å². The van der Waals surface area contributed by atoms with E-state index in [1.807, 2.05) is 12.1 Å². The van der Waals surface area contributed by atoms with Crippen LogP contribution >= 0.6 is 0 Å². The van der Waals surface area contributed by atoms with Crippen LogP contribution in [0.5, 0.6) is 0 Å². The Labute approximate surface area is 103 Å². The molecule has 94 valence electrons. The van der Waals surface area contributed by atoms with Gasteiger partial charge in [0, 0.05) is 0 Å². The van der Waals surface area contributed by atoms with E-state index in [9.17, 15) is 4.79 Å². The van der Waals surface area contributed by atoms with Gasteiger partial charge in [-0.15, -0.1) is 0 Å². The quantitative estimate of drug-likeness (QED) is 0.713. The predicted molar refractivity (Wildman–Crippen MR) is 69.0 cm³/mol. The van der Waals surface area contributed by atoms with Crippen LogP contribution in [-0.2, 0) is 17.6 Å². The molecule has 0 aromatic heterocycles. The highest BCUT2D eigenvalue weighted by molar-refractivity contribution is 5.73. The number of carbonyl (C=O) groups is 1. The summed E-state index contributed by atoms with van der Waals surface area (Å²) in [6.45, 7) is 2.18. The molecule has 3 heteroatoms. The normalized spacial score (nSPS) is 12.4. The van der Waals surface area contributed by atoms with Gasteiger partial charge in [0.1, 0.15) is 6.04 Å². The van der Waals surface area contributed by atoms with E-state index in [0.717, 1.165) is 12.0 Å². The summed E-state index contributed by atoms with van der Waals surface area (Å²) in [7, 11) is 0. The highest BCUT2D eigenvalue weighted by atomic mass is 16.4.